The lowest BCUT2D eigenvalue weighted by Gasteiger charge is -2.18. The second-order valence-corrected chi connectivity index (χ2v) is 5.43. The standard InChI is InChI=1S/C16H17NO2S/c1-2-9-17(12-14-5-4-11-19-14)13-16-8-7-15(20-16)6-3-10-18/h2,4-5,7-8,11,18H,1,9-10,12-13H2. The number of rotatable bonds is 6. The first-order chi connectivity index (χ1) is 9.81. The molecule has 0 aliphatic heterocycles. The summed E-state index contributed by atoms with van der Waals surface area (Å²) in [5.74, 6) is 6.54. The fraction of sp³-hybridized carbons (Fsp3) is 0.250. The van der Waals surface area contributed by atoms with Crippen LogP contribution in [-0.4, -0.2) is 23.2 Å². The molecular formula is C16H17NO2S. The van der Waals surface area contributed by atoms with Crippen molar-refractivity contribution < 1.29 is 9.52 Å². The van der Waals surface area contributed by atoms with Crippen molar-refractivity contribution in [3.8, 4) is 11.8 Å². The van der Waals surface area contributed by atoms with Crippen LogP contribution in [0.2, 0.25) is 0 Å². The molecule has 0 aliphatic carbocycles. The average molecular weight is 287 g/mol. The van der Waals surface area contributed by atoms with Gasteiger partial charge in [-0.05, 0) is 24.3 Å². The Morgan fingerprint density at radius 1 is 1.35 bits per heavy atom. The first-order valence-electron chi connectivity index (χ1n) is 6.36. The molecule has 0 spiro atoms. The van der Waals surface area contributed by atoms with Gasteiger partial charge in [-0.25, -0.2) is 0 Å². The van der Waals surface area contributed by atoms with Crippen LogP contribution in [0.1, 0.15) is 15.5 Å². The minimum Gasteiger partial charge on any atom is -0.468 e. The van der Waals surface area contributed by atoms with Crippen LogP contribution in [0.4, 0.5) is 0 Å². The van der Waals surface area contributed by atoms with Gasteiger partial charge in [0.2, 0.25) is 0 Å². The Morgan fingerprint density at radius 2 is 2.25 bits per heavy atom. The summed E-state index contributed by atoms with van der Waals surface area (Å²) in [4.78, 5) is 4.47. The summed E-state index contributed by atoms with van der Waals surface area (Å²) in [6, 6.07) is 7.93. The van der Waals surface area contributed by atoms with Gasteiger partial charge in [-0.2, -0.15) is 0 Å². The van der Waals surface area contributed by atoms with E-state index in [0.29, 0.717) is 0 Å². The van der Waals surface area contributed by atoms with E-state index in [4.69, 9.17) is 9.52 Å². The van der Waals surface area contributed by atoms with Crippen molar-refractivity contribution in [1.82, 2.24) is 4.90 Å². The summed E-state index contributed by atoms with van der Waals surface area (Å²) in [5, 5.41) is 8.69. The van der Waals surface area contributed by atoms with Crippen molar-refractivity contribution in [2.45, 2.75) is 13.1 Å². The summed E-state index contributed by atoms with van der Waals surface area (Å²) in [5.41, 5.74) is 0. The number of hydrogen-bond donors (Lipinski definition) is 1. The van der Waals surface area contributed by atoms with Gasteiger partial charge in [0.25, 0.3) is 0 Å². The van der Waals surface area contributed by atoms with Crippen LogP contribution in [0.25, 0.3) is 0 Å². The molecule has 2 heterocycles. The van der Waals surface area contributed by atoms with Crippen LogP contribution in [0.3, 0.4) is 0 Å². The predicted molar refractivity (Wildman–Crippen MR) is 81.3 cm³/mol. The maximum Gasteiger partial charge on any atom is 0.117 e. The second-order valence-electron chi connectivity index (χ2n) is 4.26. The van der Waals surface area contributed by atoms with Gasteiger partial charge >= 0.3 is 0 Å². The molecule has 0 saturated heterocycles. The lowest BCUT2D eigenvalue weighted by Crippen LogP contribution is -2.22. The van der Waals surface area contributed by atoms with Crippen LogP contribution >= 0.6 is 11.3 Å². The van der Waals surface area contributed by atoms with Gasteiger partial charge in [-0.15, -0.1) is 17.9 Å². The number of hydrogen-bond acceptors (Lipinski definition) is 4. The van der Waals surface area contributed by atoms with E-state index in [0.717, 1.165) is 30.3 Å². The molecule has 4 heteroatoms. The molecule has 1 N–H and O–H groups in total. The summed E-state index contributed by atoms with van der Waals surface area (Å²) in [6.07, 6.45) is 3.58. The minimum atomic E-state index is -0.103. The second kappa shape index (κ2) is 7.71. The largest absolute Gasteiger partial charge is 0.468 e. The van der Waals surface area contributed by atoms with Crippen molar-refractivity contribution >= 4 is 11.3 Å². The fourth-order valence-electron chi connectivity index (χ4n) is 1.87. The Bertz CT molecular complexity index is 590. The highest BCUT2D eigenvalue weighted by molar-refractivity contribution is 7.12. The Kier molecular flexibility index (Phi) is 5.63. The quantitative estimate of drug-likeness (QED) is 0.655. The molecule has 0 aromatic carbocycles. The van der Waals surface area contributed by atoms with E-state index >= 15 is 0 Å². The van der Waals surface area contributed by atoms with Crippen LogP contribution < -0.4 is 0 Å². The first-order valence-corrected chi connectivity index (χ1v) is 7.17. The molecule has 0 atom stereocenters. The first kappa shape index (κ1) is 14.6. The van der Waals surface area contributed by atoms with Gasteiger partial charge in [0.1, 0.15) is 12.4 Å². The van der Waals surface area contributed by atoms with Gasteiger partial charge in [-0.1, -0.05) is 17.9 Å². The number of aliphatic hydroxyl groups is 1. The van der Waals surface area contributed by atoms with E-state index in [9.17, 15) is 0 Å². The van der Waals surface area contributed by atoms with E-state index in [1.54, 1.807) is 17.6 Å². The van der Waals surface area contributed by atoms with E-state index in [1.807, 2.05) is 24.3 Å². The molecule has 3 nitrogen and oxygen atoms in total. The number of aliphatic hydroxyl groups excluding tert-OH is 1. The third-order valence-corrected chi connectivity index (χ3v) is 3.66. The molecule has 2 aromatic heterocycles. The highest BCUT2D eigenvalue weighted by Crippen LogP contribution is 2.18. The molecule has 2 rings (SSSR count). The number of nitrogens with zero attached hydrogens (tertiary/aromatic N) is 1. The Morgan fingerprint density at radius 3 is 2.95 bits per heavy atom. The topological polar surface area (TPSA) is 36.6 Å². The van der Waals surface area contributed by atoms with Crippen LogP contribution in [0.5, 0.6) is 0 Å². The maximum atomic E-state index is 8.69. The SMILES string of the molecule is C=CCN(Cc1ccco1)Cc1ccc(C#CCO)s1. The molecule has 0 amide bonds. The van der Waals surface area contributed by atoms with Crippen molar-refractivity contribution in [2.24, 2.45) is 0 Å². The zero-order valence-electron chi connectivity index (χ0n) is 11.2. The summed E-state index contributed by atoms with van der Waals surface area (Å²) < 4.78 is 5.38. The molecule has 0 unspecified atom stereocenters. The molecule has 20 heavy (non-hydrogen) atoms. The molecule has 0 aliphatic rings. The zero-order valence-corrected chi connectivity index (χ0v) is 12.0. The van der Waals surface area contributed by atoms with Crippen LogP contribution in [0, 0.1) is 11.8 Å². The molecule has 0 fully saturated rings. The van der Waals surface area contributed by atoms with E-state index in [1.165, 1.54) is 4.88 Å². The molecule has 0 bridgehead atoms. The Hall–Kier alpha value is -1.80. The van der Waals surface area contributed by atoms with Crippen molar-refractivity contribution in [3.63, 3.8) is 0 Å². The lowest BCUT2D eigenvalue weighted by molar-refractivity contribution is 0.262. The summed E-state index contributed by atoms with van der Waals surface area (Å²) in [6.45, 7) is 6.09. The van der Waals surface area contributed by atoms with Gasteiger partial charge < -0.3 is 9.52 Å². The monoisotopic (exact) mass is 287 g/mol. The normalized spacial score (nSPS) is 10.3. The third-order valence-electron chi connectivity index (χ3n) is 2.68. The minimum absolute atomic E-state index is 0.103. The molecule has 2 aromatic rings. The predicted octanol–water partition coefficient (Wildman–Crippen LogP) is 2.87. The van der Waals surface area contributed by atoms with Crippen LogP contribution in [0.15, 0.2) is 47.6 Å². The lowest BCUT2D eigenvalue weighted by atomic mass is 10.3. The Balaban J connectivity index is 2.00. The van der Waals surface area contributed by atoms with Gasteiger partial charge in [-0.3, -0.25) is 4.90 Å². The van der Waals surface area contributed by atoms with Crippen LogP contribution in [-0.2, 0) is 13.1 Å². The maximum absolute atomic E-state index is 8.69. The van der Waals surface area contributed by atoms with E-state index in [2.05, 4.69) is 29.4 Å². The average Bonchev–Trinajstić information content (AvgIpc) is 3.08. The number of thiophene rings is 1. The van der Waals surface area contributed by atoms with Crippen molar-refractivity contribution in [2.75, 3.05) is 13.2 Å². The van der Waals surface area contributed by atoms with E-state index in [-0.39, 0.29) is 6.61 Å². The summed E-state index contributed by atoms with van der Waals surface area (Å²) >= 11 is 1.65. The van der Waals surface area contributed by atoms with Gasteiger partial charge in [0.15, 0.2) is 0 Å². The Labute approximate surface area is 123 Å². The zero-order chi connectivity index (χ0) is 14.2. The molecule has 104 valence electrons. The third kappa shape index (κ3) is 4.39. The number of furan rings is 1. The van der Waals surface area contributed by atoms with Crippen molar-refractivity contribution in [1.29, 1.82) is 0 Å². The summed E-state index contributed by atoms with van der Waals surface area (Å²) in [7, 11) is 0. The highest BCUT2D eigenvalue weighted by Gasteiger charge is 2.08. The smallest absolute Gasteiger partial charge is 0.117 e. The molecular weight excluding hydrogens is 270 g/mol. The molecule has 0 saturated carbocycles. The molecule has 0 radical (unpaired) electrons. The van der Waals surface area contributed by atoms with Gasteiger partial charge in [0, 0.05) is 18.0 Å². The fourth-order valence-corrected chi connectivity index (χ4v) is 2.79. The highest BCUT2D eigenvalue weighted by atomic mass is 32.1. The van der Waals surface area contributed by atoms with Gasteiger partial charge in [0.05, 0.1) is 17.7 Å². The van der Waals surface area contributed by atoms with Crippen molar-refractivity contribution in [3.05, 3.63) is 58.7 Å². The van der Waals surface area contributed by atoms with E-state index < -0.39 is 0 Å².